The number of carbonyl (C=O) groups excluding carboxylic acids is 2. The van der Waals surface area contributed by atoms with E-state index in [0.717, 1.165) is 13.0 Å². The lowest BCUT2D eigenvalue weighted by Gasteiger charge is -2.05. The highest BCUT2D eigenvalue weighted by Gasteiger charge is 2.24. The Kier molecular flexibility index (Phi) is 10.8. The van der Waals surface area contributed by atoms with Crippen LogP contribution in [0.1, 0.15) is 20.3 Å². The summed E-state index contributed by atoms with van der Waals surface area (Å²) >= 11 is 0. The standard InChI is InChI=1S/C11H18O5.C7H10O3/c1-9(2)11(12)16-8-14-5-3-4-13-6-10-7-15-10;1-5(2)7(8)10-4-6-3-9-6/h10H,1,3-8H2,2H3;6H,1,3-4H2,2H3. The Hall–Kier alpha value is -1.74. The molecule has 8 nitrogen and oxygen atoms in total. The molecule has 2 heterocycles. The molecule has 0 aromatic rings. The van der Waals surface area contributed by atoms with Gasteiger partial charge in [0.1, 0.15) is 18.8 Å². The van der Waals surface area contributed by atoms with E-state index in [1.54, 1.807) is 13.8 Å². The van der Waals surface area contributed by atoms with E-state index in [-0.39, 0.29) is 18.9 Å². The van der Waals surface area contributed by atoms with Gasteiger partial charge in [0, 0.05) is 17.8 Å². The lowest BCUT2D eigenvalue weighted by Crippen LogP contribution is -2.10. The average molecular weight is 372 g/mol. The summed E-state index contributed by atoms with van der Waals surface area (Å²) in [5.41, 5.74) is 0.803. The van der Waals surface area contributed by atoms with Gasteiger partial charge in [0.25, 0.3) is 0 Å². The molecular weight excluding hydrogens is 344 g/mol. The summed E-state index contributed by atoms with van der Waals surface area (Å²) in [6, 6.07) is 0. The molecule has 2 rings (SSSR count). The van der Waals surface area contributed by atoms with Crippen LogP contribution in [0, 0.1) is 0 Å². The van der Waals surface area contributed by atoms with Crippen molar-refractivity contribution in [1.82, 2.24) is 0 Å². The zero-order chi connectivity index (χ0) is 19.4. The molecule has 0 aromatic heterocycles. The van der Waals surface area contributed by atoms with Gasteiger partial charge in [-0.1, -0.05) is 13.2 Å². The molecule has 0 aromatic carbocycles. The zero-order valence-corrected chi connectivity index (χ0v) is 15.5. The highest BCUT2D eigenvalue weighted by atomic mass is 16.7. The molecule has 2 atom stereocenters. The molecule has 0 amide bonds. The summed E-state index contributed by atoms with van der Waals surface area (Å²) in [6.45, 7) is 13.8. The summed E-state index contributed by atoms with van der Waals surface area (Å²) in [5, 5.41) is 0. The Bertz CT molecular complexity index is 480. The van der Waals surface area contributed by atoms with Crippen LogP contribution in [0.4, 0.5) is 0 Å². The average Bonchev–Trinajstić information content (AvgIpc) is 3.49. The van der Waals surface area contributed by atoms with Crippen molar-refractivity contribution < 1.29 is 38.0 Å². The topological polar surface area (TPSA) is 96.1 Å². The predicted molar refractivity (Wildman–Crippen MR) is 92.4 cm³/mol. The smallest absolute Gasteiger partial charge is 0.335 e. The van der Waals surface area contributed by atoms with Crippen molar-refractivity contribution in [2.75, 3.05) is 46.4 Å². The van der Waals surface area contributed by atoms with Crippen LogP contribution in [0.15, 0.2) is 24.3 Å². The van der Waals surface area contributed by atoms with Crippen LogP contribution >= 0.6 is 0 Å². The summed E-state index contributed by atoms with van der Waals surface area (Å²) in [6.07, 6.45) is 1.22. The third-order valence-electron chi connectivity index (χ3n) is 3.06. The highest BCUT2D eigenvalue weighted by Crippen LogP contribution is 2.09. The normalized spacial score (nSPS) is 19.6. The van der Waals surface area contributed by atoms with E-state index in [0.29, 0.717) is 50.3 Å². The van der Waals surface area contributed by atoms with Crippen molar-refractivity contribution >= 4 is 11.9 Å². The van der Waals surface area contributed by atoms with Gasteiger partial charge in [-0.15, -0.1) is 0 Å². The summed E-state index contributed by atoms with van der Waals surface area (Å²) < 4.78 is 29.7. The van der Waals surface area contributed by atoms with Crippen molar-refractivity contribution in [2.24, 2.45) is 0 Å². The number of ether oxygens (including phenoxy) is 6. The molecule has 2 aliphatic heterocycles. The summed E-state index contributed by atoms with van der Waals surface area (Å²) in [5.74, 6) is -0.766. The molecule has 26 heavy (non-hydrogen) atoms. The zero-order valence-electron chi connectivity index (χ0n) is 15.5. The lowest BCUT2D eigenvalue weighted by molar-refractivity contribution is -0.151. The largest absolute Gasteiger partial charge is 0.459 e. The van der Waals surface area contributed by atoms with Gasteiger partial charge in [0.15, 0.2) is 6.79 Å². The van der Waals surface area contributed by atoms with Crippen molar-refractivity contribution in [3.63, 3.8) is 0 Å². The van der Waals surface area contributed by atoms with Crippen LogP contribution in [-0.4, -0.2) is 70.6 Å². The SMILES string of the molecule is C=C(C)C(=O)OCC1CO1.C=C(C)C(=O)OCOCCCOCC1CO1. The van der Waals surface area contributed by atoms with E-state index >= 15 is 0 Å². The fourth-order valence-electron chi connectivity index (χ4n) is 1.38. The van der Waals surface area contributed by atoms with Crippen molar-refractivity contribution in [1.29, 1.82) is 0 Å². The molecule has 8 heteroatoms. The van der Waals surface area contributed by atoms with E-state index in [4.69, 9.17) is 28.4 Å². The number of hydrogen-bond donors (Lipinski definition) is 0. The molecule has 2 saturated heterocycles. The van der Waals surface area contributed by atoms with Gasteiger partial charge in [-0.2, -0.15) is 0 Å². The van der Waals surface area contributed by atoms with Gasteiger partial charge < -0.3 is 28.4 Å². The maximum absolute atomic E-state index is 10.9. The highest BCUT2D eigenvalue weighted by molar-refractivity contribution is 5.87. The summed E-state index contributed by atoms with van der Waals surface area (Å²) in [4.78, 5) is 21.6. The van der Waals surface area contributed by atoms with Gasteiger partial charge in [-0.25, -0.2) is 9.59 Å². The predicted octanol–water partition coefficient (Wildman–Crippen LogP) is 1.39. The van der Waals surface area contributed by atoms with Crippen LogP contribution in [0.2, 0.25) is 0 Å². The van der Waals surface area contributed by atoms with E-state index in [1.807, 2.05) is 0 Å². The first kappa shape index (κ1) is 22.3. The second-order valence-corrected chi connectivity index (χ2v) is 5.96. The molecule has 0 spiro atoms. The molecule has 2 unspecified atom stereocenters. The molecule has 0 saturated carbocycles. The van der Waals surface area contributed by atoms with E-state index < -0.39 is 5.97 Å². The van der Waals surface area contributed by atoms with Gasteiger partial charge in [-0.3, -0.25) is 0 Å². The minimum atomic E-state index is -0.429. The van der Waals surface area contributed by atoms with E-state index in [9.17, 15) is 9.59 Å². The Balaban J connectivity index is 0.000000289. The molecule has 2 aliphatic rings. The van der Waals surface area contributed by atoms with Crippen LogP contribution in [0.5, 0.6) is 0 Å². The van der Waals surface area contributed by atoms with E-state index in [2.05, 4.69) is 13.2 Å². The molecule has 148 valence electrons. The molecule has 2 fully saturated rings. The second-order valence-electron chi connectivity index (χ2n) is 5.96. The fourth-order valence-corrected chi connectivity index (χ4v) is 1.38. The number of esters is 2. The monoisotopic (exact) mass is 372 g/mol. The first-order chi connectivity index (χ1) is 12.4. The number of hydrogen-bond acceptors (Lipinski definition) is 8. The maximum Gasteiger partial charge on any atom is 0.335 e. The Morgan fingerprint density at radius 1 is 0.885 bits per heavy atom. The first-order valence-electron chi connectivity index (χ1n) is 8.44. The Morgan fingerprint density at radius 2 is 1.38 bits per heavy atom. The van der Waals surface area contributed by atoms with Crippen molar-refractivity contribution in [3.05, 3.63) is 24.3 Å². The van der Waals surface area contributed by atoms with Crippen LogP contribution in [0.25, 0.3) is 0 Å². The summed E-state index contributed by atoms with van der Waals surface area (Å²) in [7, 11) is 0. The van der Waals surface area contributed by atoms with Crippen LogP contribution in [0.3, 0.4) is 0 Å². The van der Waals surface area contributed by atoms with Crippen LogP contribution < -0.4 is 0 Å². The molecule has 0 aliphatic carbocycles. The third-order valence-corrected chi connectivity index (χ3v) is 3.06. The van der Waals surface area contributed by atoms with Gasteiger partial charge in [0.05, 0.1) is 26.4 Å². The van der Waals surface area contributed by atoms with Gasteiger partial charge in [-0.05, 0) is 20.3 Å². The lowest BCUT2D eigenvalue weighted by atomic mass is 10.4. The van der Waals surface area contributed by atoms with Gasteiger partial charge >= 0.3 is 11.9 Å². The minimum absolute atomic E-state index is 0.0303. The molecule has 0 N–H and O–H groups in total. The second kappa shape index (κ2) is 12.6. The number of carbonyl (C=O) groups is 2. The van der Waals surface area contributed by atoms with Crippen LogP contribution in [-0.2, 0) is 38.0 Å². The first-order valence-corrected chi connectivity index (χ1v) is 8.44. The Labute approximate surface area is 154 Å². The minimum Gasteiger partial charge on any atom is -0.459 e. The van der Waals surface area contributed by atoms with Crippen molar-refractivity contribution in [2.45, 2.75) is 32.5 Å². The molecule has 0 bridgehead atoms. The van der Waals surface area contributed by atoms with Crippen molar-refractivity contribution in [3.8, 4) is 0 Å². The number of epoxide rings is 2. The quantitative estimate of drug-likeness (QED) is 0.167. The maximum atomic E-state index is 10.9. The molecule has 0 radical (unpaired) electrons. The number of rotatable bonds is 12. The van der Waals surface area contributed by atoms with Gasteiger partial charge in [0.2, 0.25) is 0 Å². The molecular formula is C18H28O8. The van der Waals surface area contributed by atoms with E-state index in [1.165, 1.54) is 0 Å². The Morgan fingerprint density at radius 3 is 1.92 bits per heavy atom. The fraction of sp³-hybridized carbons (Fsp3) is 0.667. The third kappa shape index (κ3) is 12.6.